The van der Waals surface area contributed by atoms with Crippen LogP contribution in [0.25, 0.3) is 0 Å². The van der Waals surface area contributed by atoms with Crippen molar-refractivity contribution in [1.29, 1.82) is 0 Å². The van der Waals surface area contributed by atoms with Crippen LogP contribution in [-0.4, -0.2) is 33.2 Å². The normalized spacial score (nSPS) is 13.7. The van der Waals surface area contributed by atoms with E-state index in [0.717, 1.165) is 18.8 Å². The van der Waals surface area contributed by atoms with Gasteiger partial charge in [-0.2, -0.15) is 0 Å². The lowest BCUT2D eigenvalue weighted by atomic mass is 10.2. The van der Waals surface area contributed by atoms with Gasteiger partial charge in [0.25, 0.3) is 5.91 Å². The SMILES string of the molecule is COc1cccc(C(=O)Nc2cc(N3CCCC3)ccc2OC)c1. The van der Waals surface area contributed by atoms with Crippen molar-refractivity contribution in [3.8, 4) is 11.5 Å². The molecule has 126 valence electrons. The molecule has 2 aromatic carbocycles. The molecule has 0 radical (unpaired) electrons. The van der Waals surface area contributed by atoms with Gasteiger partial charge in [-0.15, -0.1) is 0 Å². The Morgan fingerprint density at radius 3 is 2.54 bits per heavy atom. The summed E-state index contributed by atoms with van der Waals surface area (Å²) in [6.07, 6.45) is 2.41. The third kappa shape index (κ3) is 3.45. The molecule has 1 fully saturated rings. The van der Waals surface area contributed by atoms with E-state index in [2.05, 4.69) is 10.2 Å². The molecule has 1 aliphatic rings. The van der Waals surface area contributed by atoms with Crippen molar-refractivity contribution >= 4 is 17.3 Å². The monoisotopic (exact) mass is 326 g/mol. The molecule has 0 aromatic heterocycles. The Bertz CT molecular complexity index is 724. The van der Waals surface area contributed by atoms with E-state index >= 15 is 0 Å². The van der Waals surface area contributed by atoms with Crippen molar-refractivity contribution < 1.29 is 14.3 Å². The molecule has 1 saturated heterocycles. The van der Waals surface area contributed by atoms with E-state index in [0.29, 0.717) is 22.7 Å². The summed E-state index contributed by atoms with van der Waals surface area (Å²) in [5, 5.41) is 2.95. The van der Waals surface area contributed by atoms with Gasteiger partial charge >= 0.3 is 0 Å². The van der Waals surface area contributed by atoms with Crippen LogP contribution in [0.5, 0.6) is 11.5 Å². The van der Waals surface area contributed by atoms with Gasteiger partial charge in [-0.3, -0.25) is 4.79 Å². The zero-order valence-electron chi connectivity index (χ0n) is 14.0. The number of amides is 1. The Hall–Kier alpha value is -2.69. The highest BCUT2D eigenvalue weighted by molar-refractivity contribution is 6.05. The average Bonchev–Trinajstić information content (AvgIpc) is 3.16. The molecular formula is C19H22N2O3. The molecule has 0 unspecified atom stereocenters. The van der Waals surface area contributed by atoms with Crippen LogP contribution in [0.15, 0.2) is 42.5 Å². The fourth-order valence-electron chi connectivity index (χ4n) is 2.92. The number of nitrogens with one attached hydrogen (secondary N) is 1. The van der Waals surface area contributed by atoms with E-state index in [1.54, 1.807) is 32.4 Å². The van der Waals surface area contributed by atoms with Gasteiger partial charge in [0.1, 0.15) is 11.5 Å². The number of hydrogen-bond acceptors (Lipinski definition) is 4. The summed E-state index contributed by atoms with van der Waals surface area (Å²) >= 11 is 0. The number of benzene rings is 2. The van der Waals surface area contributed by atoms with E-state index in [-0.39, 0.29) is 5.91 Å². The number of hydrogen-bond donors (Lipinski definition) is 1. The van der Waals surface area contributed by atoms with Crippen LogP contribution in [0.2, 0.25) is 0 Å². The van der Waals surface area contributed by atoms with Crippen molar-refractivity contribution in [2.24, 2.45) is 0 Å². The highest BCUT2D eigenvalue weighted by Gasteiger charge is 2.16. The lowest BCUT2D eigenvalue weighted by Gasteiger charge is -2.20. The fourth-order valence-corrected chi connectivity index (χ4v) is 2.92. The van der Waals surface area contributed by atoms with E-state index in [1.807, 2.05) is 24.3 Å². The molecule has 24 heavy (non-hydrogen) atoms. The van der Waals surface area contributed by atoms with Crippen LogP contribution >= 0.6 is 0 Å². The Kier molecular flexibility index (Phi) is 4.89. The van der Waals surface area contributed by atoms with Crippen molar-refractivity contribution in [3.63, 3.8) is 0 Å². The zero-order chi connectivity index (χ0) is 16.9. The summed E-state index contributed by atoms with van der Waals surface area (Å²) in [7, 11) is 3.19. The minimum atomic E-state index is -0.189. The first-order valence-corrected chi connectivity index (χ1v) is 8.09. The smallest absolute Gasteiger partial charge is 0.255 e. The summed E-state index contributed by atoms with van der Waals surface area (Å²) < 4.78 is 10.6. The van der Waals surface area contributed by atoms with Crippen LogP contribution in [-0.2, 0) is 0 Å². The largest absolute Gasteiger partial charge is 0.497 e. The lowest BCUT2D eigenvalue weighted by molar-refractivity contribution is 0.102. The summed E-state index contributed by atoms with van der Waals surface area (Å²) in [4.78, 5) is 14.9. The number of methoxy groups -OCH3 is 2. The van der Waals surface area contributed by atoms with E-state index in [4.69, 9.17) is 9.47 Å². The maximum absolute atomic E-state index is 12.5. The molecule has 3 rings (SSSR count). The minimum absolute atomic E-state index is 0.189. The summed E-state index contributed by atoms with van der Waals surface area (Å²) in [6.45, 7) is 2.10. The van der Waals surface area contributed by atoms with Crippen LogP contribution in [0.1, 0.15) is 23.2 Å². The second-order valence-corrected chi connectivity index (χ2v) is 5.76. The lowest BCUT2D eigenvalue weighted by Crippen LogP contribution is -2.18. The molecule has 2 aromatic rings. The number of nitrogens with zero attached hydrogens (tertiary/aromatic N) is 1. The molecule has 0 spiro atoms. The van der Waals surface area contributed by atoms with Gasteiger partial charge in [-0.1, -0.05) is 6.07 Å². The minimum Gasteiger partial charge on any atom is -0.497 e. The van der Waals surface area contributed by atoms with Crippen molar-refractivity contribution in [2.75, 3.05) is 37.5 Å². The van der Waals surface area contributed by atoms with Gasteiger partial charge in [-0.25, -0.2) is 0 Å². The van der Waals surface area contributed by atoms with Crippen molar-refractivity contribution in [2.45, 2.75) is 12.8 Å². The molecule has 0 bridgehead atoms. The number of carbonyl (C=O) groups is 1. The van der Waals surface area contributed by atoms with Gasteiger partial charge < -0.3 is 19.7 Å². The van der Waals surface area contributed by atoms with Crippen LogP contribution in [0, 0.1) is 0 Å². The Labute approximate surface area is 142 Å². The second kappa shape index (κ2) is 7.25. The Morgan fingerprint density at radius 1 is 1.04 bits per heavy atom. The molecule has 1 amide bonds. The predicted octanol–water partition coefficient (Wildman–Crippen LogP) is 3.56. The summed E-state index contributed by atoms with van der Waals surface area (Å²) in [6, 6.07) is 13.0. The first-order chi connectivity index (χ1) is 11.7. The Balaban J connectivity index is 1.84. The quantitative estimate of drug-likeness (QED) is 0.913. The number of anilines is 2. The molecule has 5 nitrogen and oxygen atoms in total. The average molecular weight is 326 g/mol. The molecular weight excluding hydrogens is 304 g/mol. The first-order valence-electron chi connectivity index (χ1n) is 8.09. The third-order valence-electron chi connectivity index (χ3n) is 4.23. The van der Waals surface area contributed by atoms with Gasteiger partial charge in [0.2, 0.25) is 0 Å². The maximum Gasteiger partial charge on any atom is 0.255 e. The maximum atomic E-state index is 12.5. The van der Waals surface area contributed by atoms with Crippen LogP contribution in [0.4, 0.5) is 11.4 Å². The fraction of sp³-hybridized carbons (Fsp3) is 0.316. The molecule has 1 heterocycles. The van der Waals surface area contributed by atoms with Gasteiger partial charge in [0.05, 0.1) is 19.9 Å². The predicted molar refractivity (Wildman–Crippen MR) is 95.4 cm³/mol. The highest BCUT2D eigenvalue weighted by atomic mass is 16.5. The number of rotatable bonds is 5. The van der Waals surface area contributed by atoms with Crippen LogP contribution in [0.3, 0.4) is 0 Å². The van der Waals surface area contributed by atoms with E-state index < -0.39 is 0 Å². The topological polar surface area (TPSA) is 50.8 Å². The molecule has 0 atom stereocenters. The number of ether oxygens (including phenoxy) is 2. The van der Waals surface area contributed by atoms with Crippen molar-refractivity contribution in [1.82, 2.24) is 0 Å². The van der Waals surface area contributed by atoms with Crippen molar-refractivity contribution in [3.05, 3.63) is 48.0 Å². The van der Waals surface area contributed by atoms with Gasteiger partial charge in [0.15, 0.2) is 0 Å². The van der Waals surface area contributed by atoms with E-state index in [9.17, 15) is 4.79 Å². The zero-order valence-corrected chi connectivity index (χ0v) is 14.0. The standard InChI is InChI=1S/C19H22N2O3/c1-23-16-7-5-6-14(12-16)19(22)20-17-13-15(8-9-18(17)24-2)21-10-3-4-11-21/h5-9,12-13H,3-4,10-11H2,1-2H3,(H,20,22). The summed E-state index contributed by atoms with van der Waals surface area (Å²) in [5.74, 6) is 1.11. The molecule has 1 N–H and O–H groups in total. The first kappa shape index (κ1) is 16.2. The van der Waals surface area contributed by atoms with Crippen LogP contribution < -0.4 is 19.7 Å². The Morgan fingerprint density at radius 2 is 1.83 bits per heavy atom. The highest BCUT2D eigenvalue weighted by Crippen LogP contribution is 2.31. The molecule has 0 saturated carbocycles. The number of carbonyl (C=O) groups excluding carboxylic acids is 1. The molecule has 1 aliphatic heterocycles. The van der Waals surface area contributed by atoms with Gasteiger partial charge in [0, 0.05) is 24.3 Å². The molecule has 0 aliphatic carbocycles. The van der Waals surface area contributed by atoms with E-state index in [1.165, 1.54) is 12.8 Å². The summed E-state index contributed by atoms with van der Waals surface area (Å²) in [5.41, 5.74) is 2.33. The second-order valence-electron chi connectivity index (χ2n) is 5.76. The van der Waals surface area contributed by atoms with Gasteiger partial charge in [-0.05, 0) is 49.2 Å². The molecule has 5 heteroatoms. The third-order valence-corrected chi connectivity index (χ3v) is 4.23.